The van der Waals surface area contributed by atoms with Gasteiger partial charge in [0.05, 0.1) is 5.69 Å². The molecular weight excluding hydrogens is 366 g/mol. The third-order valence-corrected chi connectivity index (χ3v) is 5.53. The first-order valence-electron chi connectivity index (χ1n) is 10.0. The van der Waals surface area contributed by atoms with Gasteiger partial charge in [-0.05, 0) is 54.8 Å². The fraction of sp³-hybridized carbons (Fsp3) is 0.400. The monoisotopic (exact) mass is 389 g/mol. The van der Waals surface area contributed by atoms with Crippen molar-refractivity contribution in [3.63, 3.8) is 0 Å². The van der Waals surface area contributed by atoms with Crippen molar-refractivity contribution in [1.82, 2.24) is 40.1 Å². The van der Waals surface area contributed by atoms with Crippen molar-refractivity contribution < 1.29 is 0 Å². The molecule has 1 saturated carbocycles. The Morgan fingerprint density at radius 2 is 1.97 bits per heavy atom. The largest absolute Gasteiger partial charge is 0.351 e. The second-order valence-corrected chi connectivity index (χ2v) is 7.61. The number of nitrogens with zero attached hydrogens (tertiary/aromatic N) is 7. The number of aromatic nitrogens is 8. The van der Waals surface area contributed by atoms with Crippen LogP contribution in [-0.4, -0.2) is 46.2 Å². The van der Waals surface area contributed by atoms with E-state index in [0.29, 0.717) is 23.6 Å². The first kappa shape index (κ1) is 17.7. The van der Waals surface area contributed by atoms with E-state index in [0.717, 1.165) is 27.9 Å². The maximum atomic E-state index is 4.84. The lowest BCUT2D eigenvalue weighted by molar-refractivity contribution is 0.461. The Hall–Kier alpha value is -3.36. The summed E-state index contributed by atoms with van der Waals surface area (Å²) in [6.45, 7) is 3.88. The summed E-state index contributed by atoms with van der Waals surface area (Å²) in [6, 6.07) is 4.41. The Kier molecular flexibility index (Phi) is 4.42. The average Bonchev–Trinajstić information content (AvgIpc) is 3.36. The number of aryl methyl sites for hydroxylation is 2. The molecule has 0 saturated heterocycles. The number of H-pyrrole nitrogens is 1. The molecule has 9 nitrogen and oxygen atoms in total. The van der Waals surface area contributed by atoms with Crippen LogP contribution in [0.5, 0.6) is 0 Å². The van der Waals surface area contributed by atoms with Crippen LogP contribution in [0.1, 0.15) is 43.5 Å². The molecule has 1 aliphatic carbocycles. The van der Waals surface area contributed by atoms with Crippen LogP contribution in [0.2, 0.25) is 0 Å². The predicted octanol–water partition coefficient (Wildman–Crippen LogP) is 3.36. The van der Waals surface area contributed by atoms with E-state index in [-0.39, 0.29) is 0 Å². The van der Waals surface area contributed by atoms with Crippen molar-refractivity contribution in [3.8, 4) is 17.1 Å². The van der Waals surface area contributed by atoms with Crippen LogP contribution in [0.3, 0.4) is 0 Å². The maximum Gasteiger partial charge on any atom is 0.223 e. The highest BCUT2D eigenvalue weighted by atomic mass is 15.6. The molecule has 29 heavy (non-hydrogen) atoms. The van der Waals surface area contributed by atoms with E-state index in [9.17, 15) is 0 Å². The molecule has 0 radical (unpaired) electrons. The lowest BCUT2D eigenvalue weighted by atomic mass is 9.96. The number of pyridine rings is 1. The van der Waals surface area contributed by atoms with Crippen LogP contribution >= 0.6 is 0 Å². The van der Waals surface area contributed by atoms with E-state index in [1.54, 1.807) is 4.68 Å². The standard InChI is InChI=1S/C20H23N9/c1-12-10-22-20(23-14-6-4-3-5-7-14)25-18(12)16-11-21-19-15(16)8-9-17(24-19)29-13(2)26-27-28-29/h8-11,14H,3-7H2,1-2H3,(H,21,24)(H,22,23,25). The van der Waals surface area contributed by atoms with Crippen molar-refractivity contribution in [2.45, 2.75) is 52.0 Å². The Morgan fingerprint density at radius 1 is 1.10 bits per heavy atom. The van der Waals surface area contributed by atoms with Gasteiger partial charge in [0.25, 0.3) is 0 Å². The predicted molar refractivity (Wildman–Crippen MR) is 110 cm³/mol. The molecule has 0 unspecified atom stereocenters. The molecule has 2 N–H and O–H groups in total. The van der Waals surface area contributed by atoms with Crippen LogP contribution in [-0.2, 0) is 0 Å². The van der Waals surface area contributed by atoms with Crippen molar-refractivity contribution in [1.29, 1.82) is 0 Å². The summed E-state index contributed by atoms with van der Waals surface area (Å²) in [5.41, 5.74) is 3.73. The summed E-state index contributed by atoms with van der Waals surface area (Å²) in [5.74, 6) is 2.06. The minimum atomic E-state index is 0.464. The molecule has 4 aromatic heterocycles. The smallest absolute Gasteiger partial charge is 0.223 e. The van der Waals surface area contributed by atoms with Gasteiger partial charge in [-0.3, -0.25) is 0 Å². The topological polar surface area (TPSA) is 110 Å². The molecule has 0 aromatic carbocycles. The van der Waals surface area contributed by atoms with Gasteiger partial charge in [-0.25, -0.2) is 15.0 Å². The Labute approximate surface area is 168 Å². The van der Waals surface area contributed by atoms with Gasteiger partial charge in [0.1, 0.15) is 5.65 Å². The number of hydrogen-bond donors (Lipinski definition) is 2. The molecule has 4 aromatic rings. The van der Waals surface area contributed by atoms with Crippen LogP contribution < -0.4 is 5.32 Å². The fourth-order valence-corrected chi connectivity index (χ4v) is 3.97. The highest BCUT2D eigenvalue weighted by Crippen LogP contribution is 2.30. The summed E-state index contributed by atoms with van der Waals surface area (Å²) in [5, 5.41) is 16.1. The second-order valence-electron chi connectivity index (χ2n) is 7.61. The third kappa shape index (κ3) is 3.32. The summed E-state index contributed by atoms with van der Waals surface area (Å²) in [7, 11) is 0. The van der Waals surface area contributed by atoms with E-state index in [2.05, 4.69) is 35.8 Å². The van der Waals surface area contributed by atoms with Gasteiger partial charge in [-0.15, -0.1) is 5.10 Å². The molecule has 0 spiro atoms. The number of anilines is 1. The first-order chi connectivity index (χ1) is 14.2. The van der Waals surface area contributed by atoms with Crippen LogP contribution in [0.15, 0.2) is 24.5 Å². The fourth-order valence-electron chi connectivity index (χ4n) is 3.97. The van der Waals surface area contributed by atoms with E-state index >= 15 is 0 Å². The SMILES string of the molecule is Cc1cnc(NC2CCCCC2)nc1-c1c[nH]c2nc(-n3nnnc3C)ccc12. The second kappa shape index (κ2) is 7.23. The number of rotatable bonds is 4. The number of tetrazole rings is 1. The molecule has 1 aliphatic rings. The molecule has 0 atom stereocenters. The van der Waals surface area contributed by atoms with Gasteiger partial charge < -0.3 is 10.3 Å². The third-order valence-electron chi connectivity index (χ3n) is 5.53. The zero-order valence-electron chi connectivity index (χ0n) is 16.6. The summed E-state index contributed by atoms with van der Waals surface area (Å²) >= 11 is 0. The van der Waals surface area contributed by atoms with Crippen molar-refractivity contribution in [3.05, 3.63) is 35.9 Å². The van der Waals surface area contributed by atoms with Crippen LogP contribution in [0, 0.1) is 13.8 Å². The molecular formula is C20H23N9. The molecule has 0 bridgehead atoms. The van der Waals surface area contributed by atoms with E-state index in [1.165, 1.54) is 32.1 Å². The molecule has 4 heterocycles. The Balaban J connectivity index is 1.50. The molecule has 148 valence electrons. The van der Waals surface area contributed by atoms with Crippen molar-refractivity contribution in [2.24, 2.45) is 0 Å². The van der Waals surface area contributed by atoms with Gasteiger partial charge >= 0.3 is 0 Å². The molecule has 0 aliphatic heterocycles. The normalized spacial score (nSPS) is 15.1. The van der Waals surface area contributed by atoms with Crippen molar-refractivity contribution in [2.75, 3.05) is 5.32 Å². The average molecular weight is 389 g/mol. The number of fused-ring (bicyclic) bond motifs is 1. The number of nitrogens with one attached hydrogen (secondary N) is 2. The molecule has 0 amide bonds. The van der Waals surface area contributed by atoms with E-state index < -0.39 is 0 Å². The molecule has 9 heteroatoms. The number of hydrogen-bond acceptors (Lipinski definition) is 7. The van der Waals surface area contributed by atoms with Crippen LogP contribution in [0.25, 0.3) is 28.1 Å². The summed E-state index contributed by atoms with van der Waals surface area (Å²) in [6.07, 6.45) is 10.1. The minimum Gasteiger partial charge on any atom is -0.351 e. The van der Waals surface area contributed by atoms with Gasteiger partial charge in [0.2, 0.25) is 5.95 Å². The number of aromatic amines is 1. The van der Waals surface area contributed by atoms with E-state index in [1.807, 2.05) is 38.4 Å². The van der Waals surface area contributed by atoms with Crippen LogP contribution in [0.4, 0.5) is 5.95 Å². The lowest BCUT2D eigenvalue weighted by Gasteiger charge is -2.23. The van der Waals surface area contributed by atoms with Gasteiger partial charge in [-0.2, -0.15) is 4.68 Å². The zero-order valence-corrected chi connectivity index (χ0v) is 16.6. The Morgan fingerprint density at radius 3 is 2.76 bits per heavy atom. The lowest BCUT2D eigenvalue weighted by Crippen LogP contribution is -2.23. The van der Waals surface area contributed by atoms with Gasteiger partial charge in [0, 0.05) is 29.4 Å². The highest BCUT2D eigenvalue weighted by Gasteiger charge is 2.17. The first-order valence-corrected chi connectivity index (χ1v) is 10.0. The molecule has 5 rings (SSSR count). The zero-order chi connectivity index (χ0) is 19.8. The highest BCUT2D eigenvalue weighted by molar-refractivity contribution is 5.93. The summed E-state index contributed by atoms with van der Waals surface area (Å²) < 4.78 is 1.61. The maximum absolute atomic E-state index is 4.84. The quantitative estimate of drug-likeness (QED) is 0.550. The Bertz CT molecular complexity index is 1150. The van der Waals surface area contributed by atoms with E-state index in [4.69, 9.17) is 4.98 Å². The minimum absolute atomic E-state index is 0.464. The van der Waals surface area contributed by atoms with Crippen molar-refractivity contribution >= 4 is 17.0 Å². The van der Waals surface area contributed by atoms with Gasteiger partial charge in [0.15, 0.2) is 11.6 Å². The summed E-state index contributed by atoms with van der Waals surface area (Å²) in [4.78, 5) is 17.3. The molecule has 1 fully saturated rings. The van der Waals surface area contributed by atoms with Gasteiger partial charge in [-0.1, -0.05) is 19.3 Å².